The lowest BCUT2D eigenvalue weighted by Gasteiger charge is -2.34. The smallest absolute Gasteiger partial charge is 0.253 e. The first-order valence-electron chi connectivity index (χ1n) is 17.1. The third-order valence-corrected chi connectivity index (χ3v) is 9.58. The molecule has 264 valence electrons. The molecule has 1 unspecified atom stereocenters. The average Bonchev–Trinajstić information content (AvgIpc) is 3.83. The first kappa shape index (κ1) is 34.7. The number of ether oxygens (including phenoxy) is 4. The molecular formula is C39H47N5O6. The van der Waals surface area contributed by atoms with E-state index in [1.807, 2.05) is 31.3 Å². The zero-order valence-electron chi connectivity index (χ0n) is 29.5. The number of hydrogen-bond acceptors (Lipinski definition) is 9. The Morgan fingerprint density at radius 3 is 2.42 bits per heavy atom. The van der Waals surface area contributed by atoms with Gasteiger partial charge in [0.15, 0.2) is 11.5 Å². The number of aromatic nitrogens is 2. The second-order valence-corrected chi connectivity index (χ2v) is 12.8. The maximum atomic E-state index is 13.7. The van der Waals surface area contributed by atoms with Crippen LogP contribution in [0.3, 0.4) is 0 Å². The van der Waals surface area contributed by atoms with E-state index in [1.165, 1.54) is 0 Å². The minimum absolute atomic E-state index is 0.0999. The number of anilines is 1. The Morgan fingerprint density at radius 2 is 1.74 bits per heavy atom. The third-order valence-electron chi connectivity index (χ3n) is 9.58. The lowest BCUT2D eigenvalue weighted by atomic mass is 9.93. The zero-order chi connectivity index (χ0) is 35.0. The summed E-state index contributed by atoms with van der Waals surface area (Å²) in [5.41, 5.74) is 4.74. The van der Waals surface area contributed by atoms with Crippen LogP contribution < -0.4 is 24.3 Å². The number of amides is 1. The van der Waals surface area contributed by atoms with Gasteiger partial charge in [-0.3, -0.25) is 4.79 Å². The van der Waals surface area contributed by atoms with Gasteiger partial charge in [-0.15, -0.1) is 0 Å². The number of H-pyrrole nitrogens is 1. The predicted octanol–water partition coefficient (Wildman–Crippen LogP) is 6.60. The van der Waals surface area contributed by atoms with Gasteiger partial charge in [-0.1, -0.05) is 24.3 Å². The maximum Gasteiger partial charge on any atom is 0.253 e. The highest BCUT2D eigenvalue weighted by Crippen LogP contribution is 2.38. The van der Waals surface area contributed by atoms with Crippen LogP contribution in [0.25, 0.3) is 11.0 Å². The van der Waals surface area contributed by atoms with E-state index in [0.717, 1.165) is 78.5 Å². The van der Waals surface area contributed by atoms with Crippen molar-refractivity contribution in [3.05, 3.63) is 95.4 Å². The number of rotatable bonds is 15. The Balaban J connectivity index is 1.08. The van der Waals surface area contributed by atoms with Gasteiger partial charge in [0.2, 0.25) is 11.7 Å². The van der Waals surface area contributed by atoms with Crippen LogP contribution in [0.4, 0.5) is 5.95 Å². The van der Waals surface area contributed by atoms with Crippen LogP contribution in [0.15, 0.2) is 77.4 Å². The highest BCUT2D eigenvalue weighted by Gasteiger charge is 2.25. The number of imidazole rings is 1. The molecule has 3 heterocycles. The number of para-hydroxylation sites is 1. The Hall–Kier alpha value is -5.16. The van der Waals surface area contributed by atoms with Gasteiger partial charge in [-0.25, -0.2) is 4.98 Å². The SMILES string of the molecule is COc1cccc(C(CCN2CCC(Nc3nc4c(Cc5ccco5)cccc4[nH]3)CC2)CN(C)C(=O)c2cc(OC)c(OC)c(OC)c2)c1. The molecule has 0 aliphatic carbocycles. The number of nitrogens with zero attached hydrogens (tertiary/aromatic N) is 3. The van der Waals surface area contributed by atoms with Crippen molar-refractivity contribution in [2.75, 3.05) is 67.0 Å². The Kier molecular flexibility index (Phi) is 11.1. The van der Waals surface area contributed by atoms with Crippen molar-refractivity contribution in [3.8, 4) is 23.0 Å². The Labute approximate surface area is 293 Å². The number of hydrogen-bond donors (Lipinski definition) is 2. The number of fused-ring (bicyclic) bond motifs is 1. The molecule has 0 bridgehead atoms. The molecule has 0 saturated carbocycles. The summed E-state index contributed by atoms with van der Waals surface area (Å²) < 4.78 is 27.6. The van der Waals surface area contributed by atoms with E-state index < -0.39 is 0 Å². The Bertz CT molecular complexity index is 1840. The van der Waals surface area contributed by atoms with Crippen molar-refractivity contribution in [1.82, 2.24) is 19.8 Å². The summed E-state index contributed by atoms with van der Waals surface area (Å²) in [6, 6.07) is 22.0. The number of aromatic amines is 1. The number of carbonyl (C=O) groups is 1. The van der Waals surface area contributed by atoms with E-state index in [0.29, 0.717) is 41.8 Å². The van der Waals surface area contributed by atoms with Crippen molar-refractivity contribution in [2.24, 2.45) is 0 Å². The van der Waals surface area contributed by atoms with Gasteiger partial charge in [0.25, 0.3) is 5.91 Å². The lowest BCUT2D eigenvalue weighted by Crippen LogP contribution is -2.40. The van der Waals surface area contributed by atoms with Crippen LogP contribution in [0.5, 0.6) is 23.0 Å². The van der Waals surface area contributed by atoms with Gasteiger partial charge in [-0.05, 0) is 79.4 Å². The summed E-state index contributed by atoms with van der Waals surface area (Å²) in [7, 11) is 8.16. The number of methoxy groups -OCH3 is 4. The number of benzene rings is 3. The Morgan fingerprint density at radius 1 is 0.980 bits per heavy atom. The molecule has 1 atom stereocenters. The summed E-state index contributed by atoms with van der Waals surface area (Å²) in [6.07, 6.45) is 5.33. The minimum atomic E-state index is -0.122. The number of nitrogens with one attached hydrogen (secondary N) is 2. The fourth-order valence-corrected chi connectivity index (χ4v) is 6.83. The molecule has 2 aromatic heterocycles. The number of piperidine rings is 1. The topological polar surface area (TPSA) is 114 Å². The fraction of sp³-hybridized carbons (Fsp3) is 0.385. The number of likely N-dealkylation sites (N-methyl/N-ethyl adjacent to an activating group) is 1. The van der Waals surface area contributed by atoms with Gasteiger partial charge in [0.05, 0.1) is 45.7 Å². The summed E-state index contributed by atoms with van der Waals surface area (Å²) in [4.78, 5) is 26.4. The summed E-state index contributed by atoms with van der Waals surface area (Å²) >= 11 is 0. The minimum Gasteiger partial charge on any atom is -0.497 e. The van der Waals surface area contributed by atoms with Gasteiger partial charge in [-0.2, -0.15) is 0 Å². The first-order chi connectivity index (χ1) is 24.4. The molecule has 1 saturated heterocycles. The van der Waals surface area contributed by atoms with Crippen molar-refractivity contribution in [1.29, 1.82) is 0 Å². The third kappa shape index (κ3) is 8.00. The molecular weight excluding hydrogens is 634 g/mol. The standard InChI is InChI=1S/C39H47N5O6/c1-43(38(45)29-23-34(47-3)37(49-5)35(24-29)48-4)25-28(26-9-6-11-31(21-26)46-2)14-17-44-18-15-30(16-19-44)40-39-41-33-13-7-10-27(36(33)42-39)22-32-12-8-20-50-32/h6-13,20-21,23-24,28,30H,14-19,22,25H2,1-5H3,(H2,40,41,42). The van der Waals surface area contributed by atoms with Crippen LogP contribution in [0, 0.1) is 0 Å². The molecule has 1 aliphatic rings. The van der Waals surface area contributed by atoms with Crippen LogP contribution in [-0.2, 0) is 6.42 Å². The highest BCUT2D eigenvalue weighted by molar-refractivity contribution is 5.95. The molecule has 5 aromatic rings. The van der Waals surface area contributed by atoms with Crippen molar-refractivity contribution in [3.63, 3.8) is 0 Å². The normalized spacial score (nSPS) is 14.3. The van der Waals surface area contributed by atoms with Gasteiger partial charge >= 0.3 is 0 Å². The molecule has 1 amide bonds. The van der Waals surface area contributed by atoms with Gasteiger partial charge in [0.1, 0.15) is 11.5 Å². The lowest BCUT2D eigenvalue weighted by molar-refractivity contribution is 0.0781. The molecule has 11 heteroatoms. The zero-order valence-corrected chi connectivity index (χ0v) is 29.5. The second-order valence-electron chi connectivity index (χ2n) is 12.8. The second kappa shape index (κ2) is 16.0. The van der Waals surface area contributed by atoms with Crippen molar-refractivity contribution in [2.45, 2.75) is 37.6 Å². The molecule has 50 heavy (non-hydrogen) atoms. The number of likely N-dealkylation sites (tertiary alicyclic amines) is 1. The van der Waals surface area contributed by atoms with Crippen LogP contribution in [0.2, 0.25) is 0 Å². The van der Waals surface area contributed by atoms with Gasteiger partial charge < -0.3 is 43.5 Å². The summed E-state index contributed by atoms with van der Waals surface area (Å²) in [5.74, 6) is 3.86. The van der Waals surface area contributed by atoms with E-state index in [1.54, 1.807) is 51.7 Å². The van der Waals surface area contributed by atoms with E-state index in [4.69, 9.17) is 28.3 Å². The molecule has 6 rings (SSSR count). The molecule has 1 aliphatic heterocycles. The molecule has 2 N–H and O–H groups in total. The molecule has 1 fully saturated rings. The van der Waals surface area contributed by atoms with Crippen LogP contribution in [-0.4, -0.2) is 93.4 Å². The summed E-state index contributed by atoms with van der Waals surface area (Å²) in [5, 5.41) is 3.66. The fourth-order valence-electron chi connectivity index (χ4n) is 6.83. The van der Waals surface area contributed by atoms with E-state index in [9.17, 15) is 4.79 Å². The number of furan rings is 1. The van der Waals surface area contributed by atoms with E-state index >= 15 is 0 Å². The van der Waals surface area contributed by atoms with Crippen LogP contribution in [0.1, 0.15) is 52.4 Å². The molecule has 0 spiro atoms. The predicted molar refractivity (Wildman–Crippen MR) is 194 cm³/mol. The summed E-state index contributed by atoms with van der Waals surface area (Å²) in [6.45, 7) is 3.41. The average molecular weight is 682 g/mol. The maximum absolute atomic E-state index is 13.7. The molecule has 3 aromatic carbocycles. The largest absolute Gasteiger partial charge is 0.497 e. The monoisotopic (exact) mass is 681 g/mol. The van der Waals surface area contributed by atoms with E-state index in [-0.39, 0.29) is 11.8 Å². The van der Waals surface area contributed by atoms with Crippen molar-refractivity contribution >= 4 is 22.9 Å². The van der Waals surface area contributed by atoms with Crippen molar-refractivity contribution < 1.29 is 28.2 Å². The van der Waals surface area contributed by atoms with E-state index in [2.05, 4.69) is 45.5 Å². The first-order valence-corrected chi connectivity index (χ1v) is 17.1. The molecule has 11 nitrogen and oxygen atoms in total. The number of carbonyl (C=O) groups excluding carboxylic acids is 1. The molecule has 0 radical (unpaired) electrons. The van der Waals surface area contributed by atoms with Crippen LogP contribution >= 0.6 is 0 Å². The van der Waals surface area contributed by atoms with Gasteiger partial charge in [0, 0.05) is 50.6 Å². The quantitative estimate of drug-likeness (QED) is 0.126. The highest BCUT2D eigenvalue weighted by atomic mass is 16.5.